The van der Waals surface area contributed by atoms with Crippen molar-refractivity contribution in [1.29, 1.82) is 0 Å². The van der Waals surface area contributed by atoms with Crippen molar-refractivity contribution >= 4 is 241 Å². The molecule has 2 aliphatic rings. The molecule has 4 heterocycles. The number of amides is 1. The number of aliphatic hydroxyl groups excluding tert-OH is 1. The largest absolute Gasteiger partial charge is 1.00 e. The Labute approximate surface area is 857 Å². The molecule has 15 nitrogen and oxygen atoms in total. The van der Waals surface area contributed by atoms with Crippen LogP contribution in [0.25, 0.3) is 17.1 Å². The van der Waals surface area contributed by atoms with Crippen LogP contribution in [0.2, 0.25) is 58.4 Å². The summed E-state index contributed by atoms with van der Waals surface area (Å²) in [5.74, 6) is -4.31. The van der Waals surface area contributed by atoms with E-state index in [9.17, 15) is 45.1 Å². The number of halogens is 21. The molecule has 0 spiro atoms. The average Bonchev–Trinajstić information content (AvgIpc) is 1.58. The Hall–Kier alpha value is -2.18. The number of methoxy groups -OCH3 is 2. The standard InChI is InChI=1S/C16H19ClN4O5.C15H24ClFOSi.C9H7BrClFO.C9H9BrClF.C8H7BrClFO.C8H5BrClFO.C7H3BrClFO.C6H3BrClF.C4H9.C3H8O.B.Li.Na.H/c1-16(2)25-9-10(14(22)20(3)23-4)24-15(11(9)26-16)21-6-5-8-12(17)18-7-19-13(8)21;1-11-7-8-13(16)14(17)12(11)9-10-18-19(5,6)15(2,3)4;1-13-5-4-6-7(10)2-3-8(11)9(6)12;1-2-3-6-7(10)4-5-8(11)9(6)12;2*9-6-1-2-7(10)8(11)5(6)3-4-12;8-5-1-2-6(9)7(10)4(5)3-11;7-4-1-2-5(8)6(9)3-4;2*1-3-4-2;;;;/h5-7,9-11,15H,1-4H3;7-8H,9-10H2,1-6H3;2-5H,1H3;4-5H,2-3H2,1H3;1-2,12H,3-4H2;1-2,4H,3H2;1-3H;1-3H;1,3-4H2,2H3;3H2,1-2H3;;;;/q;;;;;;;;-1;;;2*+1;-1/t9-,10+,11-,15?;;;;;;;;;;;;;/m1............./s1. The topological polar surface area (TPSA) is 170 Å². The maximum absolute atomic E-state index is 13.9. The minimum absolute atomic E-state index is 0. The summed E-state index contributed by atoms with van der Waals surface area (Å²) in [4.78, 5) is 46.3. The predicted molar refractivity (Wildman–Crippen MR) is 508 cm³/mol. The van der Waals surface area contributed by atoms with Crippen molar-refractivity contribution in [3.8, 4) is 0 Å². The number of carbonyl (C=O) groups excluding carboxylic acids is 3. The molecule has 677 valence electrons. The molecule has 3 radical (unpaired) electrons. The number of ether oxygens (including phenoxy) is 5. The Kier molecular flexibility index (Phi) is 63.1. The summed E-state index contributed by atoms with van der Waals surface area (Å²) in [7, 11) is 4.34. The first kappa shape index (κ1) is 125. The molecule has 2 saturated heterocycles. The molecule has 7 aromatic carbocycles. The van der Waals surface area contributed by atoms with Crippen molar-refractivity contribution < 1.29 is 133 Å². The molecule has 1 unspecified atom stereocenters. The van der Waals surface area contributed by atoms with Gasteiger partial charge < -0.3 is 50.9 Å². The van der Waals surface area contributed by atoms with E-state index in [1.54, 1.807) is 80.3 Å². The van der Waals surface area contributed by atoms with Gasteiger partial charge in [0.15, 0.2) is 38.5 Å². The van der Waals surface area contributed by atoms with E-state index in [1.165, 1.54) is 88.8 Å². The maximum Gasteiger partial charge on any atom is 1.00 e. The fourth-order valence-electron chi connectivity index (χ4n) is 9.79. The molecule has 40 heteroatoms. The number of benzene rings is 7. The van der Waals surface area contributed by atoms with Crippen LogP contribution < -0.4 is 48.4 Å². The number of hydroxylamine groups is 2. The van der Waals surface area contributed by atoms with Crippen molar-refractivity contribution in [2.24, 2.45) is 0 Å². The molecule has 0 aliphatic carbocycles. The zero-order valence-corrected chi connectivity index (χ0v) is 90.2. The zero-order chi connectivity index (χ0) is 92.9. The van der Waals surface area contributed by atoms with Gasteiger partial charge in [0.2, 0.25) is 0 Å². The van der Waals surface area contributed by atoms with Gasteiger partial charge >= 0.3 is 48.4 Å². The van der Waals surface area contributed by atoms with Gasteiger partial charge in [-0.1, -0.05) is 226 Å². The molecule has 125 heavy (non-hydrogen) atoms. The number of aldehydes is 2. The molecule has 9 aromatic rings. The van der Waals surface area contributed by atoms with Gasteiger partial charge in [-0.25, -0.2) is 45.8 Å². The van der Waals surface area contributed by atoms with Crippen LogP contribution in [0.15, 0.2) is 143 Å². The number of aliphatic hydroxyl groups is 1. The van der Waals surface area contributed by atoms with Crippen LogP contribution in [0, 0.1) is 54.6 Å². The third-order valence-electron chi connectivity index (χ3n) is 17.4. The van der Waals surface area contributed by atoms with Crippen molar-refractivity contribution in [2.75, 3.05) is 48.2 Å². The van der Waals surface area contributed by atoms with E-state index in [1.807, 2.05) is 26.8 Å². The molecular formula is C85H95BBr6Cl8F7LiN4NaO11Si. The van der Waals surface area contributed by atoms with Gasteiger partial charge in [0.05, 0.1) is 66.6 Å². The molecule has 11 rings (SSSR count). The summed E-state index contributed by atoms with van der Waals surface area (Å²) in [5.41, 5.74) is 3.93. The Morgan fingerprint density at radius 1 is 0.648 bits per heavy atom. The van der Waals surface area contributed by atoms with Crippen molar-refractivity contribution in [3.63, 3.8) is 0 Å². The Bertz CT molecular complexity index is 4850. The molecule has 1 N–H and O–H groups in total. The van der Waals surface area contributed by atoms with E-state index in [4.69, 9.17) is 121 Å². The summed E-state index contributed by atoms with van der Waals surface area (Å²) in [6.45, 7) is 27.5. The average molecular weight is 2310 g/mol. The second-order valence-electron chi connectivity index (χ2n) is 27.4. The third-order valence-corrected chi connectivity index (χ3v) is 28.4. The van der Waals surface area contributed by atoms with Crippen LogP contribution in [0.3, 0.4) is 0 Å². The summed E-state index contributed by atoms with van der Waals surface area (Å²) in [6, 6.07) is 25.4. The Morgan fingerprint density at radius 2 is 1.09 bits per heavy atom. The first-order valence-electron chi connectivity index (χ1n) is 36.8. The van der Waals surface area contributed by atoms with Gasteiger partial charge in [0.25, 0.3) is 5.91 Å². The van der Waals surface area contributed by atoms with Crippen LogP contribution in [-0.4, -0.2) is 132 Å². The molecule has 2 fully saturated rings. The molecule has 4 atom stereocenters. The SMILES string of the molecule is CCCc1c(Br)ccc(Cl)c1F.CCOC.COC=Cc1c(Br)ccc(Cl)c1F.CON(C)C(=O)[C@H]1OC(n2ccc3c(Cl)ncnc32)[C@@H]2OC(C)(C)O[C@H]12.Cc1ccc(Cl)c(F)c1CCO[Si](C)(C)C(C)(C)C.Fc1cc(Br)ccc1Cl.O=CCc1c(Br)ccc(Cl)c1F.O=Cc1c(Br)ccc(Cl)c1F.OCCc1c(Br)ccc(Cl)c1F.[B].[CH2-]CCC.[H-].[Li+].[Na+]. The summed E-state index contributed by atoms with van der Waals surface area (Å²) in [6.07, 6.45) is 9.36. The number of likely N-dealkylation sites (N-methyl/N-ethyl adjacent to an activating group) is 1. The second kappa shape index (κ2) is 63.1. The van der Waals surface area contributed by atoms with E-state index < -0.39 is 67.7 Å². The predicted octanol–water partition coefficient (Wildman–Crippen LogP) is 23.0. The van der Waals surface area contributed by atoms with Gasteiger partial charge in [0, 0.05) is 104 Å². The normalized spacial score (nSPS) is 14.3. The van der Waals surface area contributed by atoms with Crippen LogP contribution >= 0.6 is 188 Å². The molecule has 0 bridgehead atoms. The van der Waals surface area contributed by atoms with Gasteiger partial charge in [0.1, 0.15) is 70.5 Å². The van der Waals surface area contributed by atoms with Crippen molar-refractivity contribution in [1.82, 2.24) is 19.6 Å². The number of nitrogens with zero attached hydrogens (tertiary/aromatic N) is 4. The Morgan fingerprint density at radius 3 is 1.52 bits per heavy atom. The Balaban J connectivity index is -0.00000138. The first-order chi connectivity index (χ1) is 57.2. The first-order valence-corrected chi connectivity index (χ1v) is 47.5. The third kappa shape index (κ3) is 40.1. The monoisotopic (exact) mass is 2300 g/mol. The number of unbranched alkanes of at least 4 members (excludes halogenated alkanes) is 1. The molecular weight excluding hydrogens is 2220 g/mol. The fourth-order valence-corrected chi connectivity index (χ4v) is 14.8. The number of fused-ring (bicyclic) bond motifs is 2. The second-order valence-corrected chi connectivity index (χ2v) is 40.6. The molecule has 2 aliphatic heterocycles. The molecule has 0 saturated carbocycles. The zero-order valence-electron chi connectivity index (χ0n) is 72.6. The van der Waals surface area contributed by atoms with Crippen molar-refractivity contribution in [3.05, 3.63) is 270 Å². The minimum atomic E-state index is -1.76. The summed E-state index contributed by atoms with van der Waals surface area (Å²) >= 11 is 63.9. The van der Waals surface area contributed by atoms with E-state index in [2.05, 4.69) is 163 Å². The number of hydrogen-bond donors (Lipinski definition) is 1. The van der Waals surface area contributed by atoms with Crippen molar-refractivity contribution in [2.45, 2.75) is 156 Å². The number of hydrogen-bond acceptors (Lipinski definition) is 13. The van der Waals surface area contributed by atoms with Crippen LogP contribution in [0.1, 0.15) is 126 Å². The summed E-state index contributed by atoms with van der Waals surface area (Å²) < 4.78 is 131. The maximum atomic E-state index is 13.9. The summed E-state index contributed by atoms with van der Waals surface area (Å²) in [5, 5.41) is 11.7. The van der Waals surface area contributed by atoms with Gasteiger partial charge in [-0.2, -0.15) is 6.42 Å². The molecule has 2 aromatic heterocycles. The van der Waals surface area contributed by atoms with Crippen LogP contribution in [-0.2, 0) is 68.2 Å². The van der Waals surface area contributed by atoms with Crippen LogP contribution in [0.4, 0.5) is 30.7 Å². The minimum Gasteiger partial charge on any atom is -1.00 e. The van der Waals surface area contributed by atoms with Gasteiger partial charge in [-0.15, -0.1) is 0 Å². The van der Waals surface area contributed by atoms with E-state index in [0.717, 1.165) is 34.5 Å². The van der Waals surface area contributed by atoms with E-state index >= 15 is 0 Å². The number of rotatable bonds is 18. The number of aryl methyl sites for hydroxylation is 1. The number of aromatic nitrogens is 3. The van der Waals surface area contributed by atoms with Gasteiger partial charge in [-0.3, -0.25) is 14.4 Å². The molecule has 1 amide bonds. The quantitative estimate of drug-likeness (QED) is 0.0126. The fraction of sp³-hybridized carbons (Fsp3) is 0.365. The van der Waals surface area contributed by atoms with Crippen LogP contribution in [0.5, 0.6) is 0 Å². The van der Waals surface area contributed by atoms with E-state index in [-0.39, 0.29) is 141 Å². The smallest absolute Gasteiger partial charge is 1.00 e. The number of carbonyl (C=O) groups is 3. The van der Waals surface area contributed by atoms with Gasteiger partial charge in [-0.05, 0) is 189 Å². The van der Waals surface area contributed by atoms with E-state index in [0.29, 0.717) is 98.4 Å².